The molecule has 9 heteroatoms. The molecule has 68 heavy (non-hydrogen) atoms. The predicted octanol–water partition coefficient (Wildman–Crippen LogP) is 17.4. The average molecular weight is 982 g/mol. The first-order chi connectivity index (χ1) is 33.0. The Morgan fingerprint density at radius 1 is 0.515 bits per heavy atom. The summed E-state index contributed by atoms with van der Waals surface area (Å²) < 4.78 is 23.3. The van der Waals surface area contributed by atoms with Crippen molar-refractivity contribution in [2.24, 2.45) is 0 Å². The molecule has 0 saturated carbocycles. The molecule has 8 nitrogen and oxygen atoms in total. The normalized spacial score (nSPS) is 14.0. The summed E-state index contributed by atoms with van der Waals surface area (Å²) in [4.78, 5) is 25.4. The van der Waals surface area contributed by atoms with E-state index in [2.05, 4.69) is 43.5 Å². The van der Waals surface area contributed by atoms with Gasteiger partial charge in [-0.25, -0.2) is 0 Å². The Balaban J connectivity index is 3.87. The van der Waals surface area contributed by atoms with Gasteiger partial charge in [0.15, 0.2) is 0 Å². The first kappa shape index (κ1) is 67.0. The van der Waals surface area contributed by atoms with Gasteiger partial charge in [0.25, 0.3) is 7.82 Å². The van der Waals surface area contributed by atoms with E-state index < -0.39 is 20.0 Å². The van der Waals surface area contributed by atoms with Gasteiger partial charge in [-0.1, -0.05) is 269 Å². The Bertz CT molecular complexity index is 1160. The van der Waals surface area contributed by atoms with Crippen LogP contribution in [0, 0.1) is 0 Å². The second-order valence-electron chi connectivity index (χ2n) is 21.7. The SMILES string of the molecule is CCCCCCC/C=C\C/C=C\CCCCCCCCCCCCCCCCCCCCCCCCCC(=O)NC(COP(=O)([O-])OCC[N+](C)(C)C)C(O)CCCCCCCCCCCCC. The third kappa shape index (κ3) is 52.8. The molecule has 0 aromatic rings. The van der Waals surface area contributed by atoms with Crippen molar-refractivity contribution in [1.29, 1.82) is 0 Å². The van der Waals surface area contributed by atoms with E-state index in [1.807, 2.05) is 21.1 Å². The lowest BCUT2D eigenvalue weighted by molar-refractivity contribution is -0.870. The second kappa shape index (κ2) is 50.9. The molecule has 3 atom stereocenters. The number of carbonyl (C=O) groups is 1. The van der Waals surface area contributed by atoms with Gasteiger partial charge in [-0.15, -0.1) is 0 Å². The molecule has 0 aliphatic carbocycles. The predicted molar refractivity (Wildman–Crippen MR) is 293 cm³/mol. The molecular formula is C59H117N2O6P. The number of rotatable bonds is 55. The second-order valence-corrected chi connectivity index (χ2v) is 23.1. The van der Waals surface area contributed by atoms with Crippen molar-refractivity contribution in [3.8, 4) is 0 Å². The molecule has 0 fully saturated rings. The Morgan fingerprint density at radius 2 is 0.853 bits per heavy atom. The van der Waals surface area contributed by atoms with Crippen LogP contribution in [-0.4, -0.2) is 68.5 Å². The summed E-state index contributed by atoms with van der Waals surface area (Å²) in [7, 11) is 1.32. The van der Waals surface area contributed by atoms with Crippen molar-refractivity contribution < 1.29 is 32.9 Å². The van der Waals surface area contributed by atoms with E-state index >= 15 is 0 Å². The summed E-state index contributed by atoms with van der Waals surface area (Å²) in [5.74, 6) is -0.160. The fraction of sp³-hybridized carbons (Fsp3) is 0.915. The number of phosphoric ester groups is 1. The van der Waals surface area contributed by atoms with Gasteiger partial charge in [-0.05, 0) is 44.9 Å². The number of nitrogens with zero attached hydrogens (tertiary/aromatic N) is 1. The summed E-state index contributed by atoms with van der Waals surface area (Å²) in [5.41, 5.74) is 0. The van der Waals surface area contributed by atoms with E-state index in [1.54, 1.807) is 0 Å². The number of aliphatic hydroxyl groups is 1. The van der Waals surface area contributed by atoms with Gasteiger partial charge in [0.2, 0.25) is 5.91 Å². The molecule has 0 rings (SSSR count). The number of quaternary nitrogens is 1. The molecule has 0 saturated heterocycles. The zero-order valence-corrected chi connectivity index (χ0v) is 47.0. The van der Waals surface area contributed by atoms with Crippen molar-refractivity contribution in [3.63, 3.8) is 0 Å². The van der Waals surface area contributed by atoms with Gasteiger partial charge in [0, 0.05) is 6.42 Å². The molecule has 0 heterocycles. The van der Waals surface area contributed by atoms with Crippen molar-refractivity contribution in [2.45, 2.75) is 309 Å². The van der Waals surface area contributed by atoms with Crippen LogP contribution >= 0.6 is 7.82 Å². The van der Waals surface area contributed by atoms with E-state index in [9.17, 15) is 19.4 Å². The maximum absolute atomic E-state index is 12.9. The number of allylic oxidation sites excluding steroid dienone is 4. The van der Waals surface area contributed by atoms with Crippen molar-refractivity contribution >= 4 is 13.7 Å². The molecular weight excluding hydrogens is 864 g/mol. The highest BCUT2D eigenvalue weighted by atomic mass is 31.2. The lowest BCUT2D eigenvalue weighted by Gasteiger charge is -2.30. The molecule has 2 N–H and O–H groups in total. The number of phosphoric acid groups is 1. The maximum atomic E-state index is 12.9. The van der Waals surface area contributed by atoms with Crippen LogP contribution in [0.5, 0.6) is 0 Å². The quantitative estimate of drug-likeness (QED) is 0.0272. The van der Waals surface area contributed by atoms with Crippen molar-refractivity contribution in [2.75, 3.05) is 40.9 Å². The molecule has 1 amide bonds. The standard InChI is InChI=1S/C59H117N2O6P/c1-6-8-10-12-14-16-18-19-20-21-22-23-24-25-26-27-28-29-30-31-32-33-34-35-36-37-38-39-40-41-43-45-47-49-51-53-59(63)60-57(56-67-68(64,65)66-55-54-61(3,4)5)58(62)52-50-48-46-44-42-17-15-13-11-9-7-2/h18-19,21-22,57-58,62H,6-17,20,23-56H2,1-5H3,(H-,60,63,64,65)/b19-18-,22-21-. The fourth-order valence-corrected chi connectivity index (χ4v) is 9.74. The highest BCUT2D eigenvalue weighted by Gasteiger charge is 2.24. The lowest BCUT2D eigenvalue weighted by Crippen LogP contribution is -2.46. The van der Waals surface area contributed by atoms with Crippen molar-refractivity contribution in [3.05, 3.63) is 24.3 Å². The molecule has 0 aromatic heterocycles. The number of nitrogens with one attached hydrogen (secondary N) is 1. The van der Waals surface area contributed by atoms with E-state index in [1.165, 1.54) is 225 Å². The number of carbonyl (C=O) groups excluding carboxylic acids is 1. The zero-order valence-electron chi connectivity index (χ0n) is 46.1. The van der Waals surface area contributed by atoms with Gasteiger partial charge in [0.1, 0.15) is 13.2 Å². The smallest absolute Gasteiger partial charge is 0.268 e. The number of likely N-dealkylation sites (N-methyl/N-ethyl adjacent to an activating group) is 1. The number of aliphatic hydroxyl groups excluding tert-OH is 1. The average Bonchev–Trinajstić information content (AvgIpc) is 3.30. The largest absolute Gasteiger partial charge is 0.756 e. The number of unbranched alkanes of at least 4 members (excludes halogenated alkanes) is 38. The minimum Gasteiger partial charge on any atom is -0.756 e. The first-order valence-electron chi connectivity index (χ1n) is 29.7. The summed E-state index contributed by atoms with van der Waals surface area (Å²) in [5, 5.41) is 13.9. The van der Waals surface area contributed by atoms with Crippen LogP contribution in [0.3, 0.4) is 0 Å². The van der Waals surface area contributed by atoms with Crippen LogP contribution in [0.25, 0.3) is 0 Å². The Morgan fingerprint density at radius 3 is 1.22 bits per heavy atom. The van der Waals surface area contributed by atoms with Crippen LogP contribution < -0.4 is 10.2 Å². The molecule has 3 unspecified atom stereocenters. The number of amides is 1. The van der Waals surface area contributed by atoms with Crippen LogP contribution in [-0.2, 0) is 18.4 Å². The van der Waals surface area contributed by atoms with Gasteiger partial charge < -0.3 is 28.8 Å². The highest BCUT2D eigenvalue weighted by Crippen LogP contribution is 2.38. The van der Waals surface area contributed by atoms with Crippen molar-refractivity contribution in [1.82, 2.24) is 5.32 Å². The number of hydrogen-bond donors (Lipinski definition) is 2. The van der Waals surface area contributed by atoms with Gasteiger partial charge >= 0.3 is 0 Å². The van der Waals surface area contributed by atoms with Crippen LogP contribution in [0.2, 0.25) is 0 Å². The molecule has 0 bridgehead atoms. The zero-order chi connectivity index (χ0) is 49.9. The van der Waals surface area contributed by atoms with E-state index in [4.69, 9.17) is 9.05 Å². The summed E-state index contributed by atoms with van der Waals surface area (Å²) in [6.45, 7) is 4.73. The minimum atomic E-state index is -4.56. The molecule has 0 aliphatic heterocycles. The highest BCUT2D eigenvalue weighted by molar-refractivity contribution is 7.45. The van der Waals surface area contributed by atoms with Gasteiger partial charge in [-0.2, -0.15) is 0 Å². The van der Waals surface area contributed by atoms with Gasteiger partial charge in [0.05, 0.1) is 39.9 Å². The lowest BCUT2D eigenvalue weighted by atomic mass is 10.0. The molecule has 0 aromatic carbocycles. The minimum absolute atomic E-state index is 0.0147. The third-order valence-corrected chi connectivity index (χ3v) is 14.7. The van der Waals surface area contributed by atoms with E-state index in [-0.39, 0.29) is 19.1 Å². The topological polar surface area (TPSA) is 108 Å². The maximum Gasteiger partial charge on any atom is 0.268 e. The molecule has 404 valence electrons. The molecule has 0 radical (unpaired) electrons. The van der Waals surface area contributed by atoms with E-state index in [0.717, 1.165) is 44.9 Å². The van der Waals surface area contributed by atoms with Crippen LogP contribution in [0.4, 0.5) is 0 Å². The third-order valence-electron chi connectivity index (χ3n) is 13.7. The van der Waals surface area contributed by atoms with Crippen LogP contribution in [0.1, 0.15) is 296 Å². The molecule has 0 spiro atoms. The Hall–Kier alpha value is -1.02. The summed E-state index contributed by atoms with van der Waals surface area (Å²) >= 11 is 0. The Kier molecular flexibility index (Phi) is 50.1. The number of hydrogen-bond acceptors (Lipinski definition) is 6. The molecule has 0 aliphatic rings. The van der Waals surface area contributed by atoms with Gasteiger partial charge in [-0.3, -0.25) is 9.36 Å². The van der Waals surface area contributed by atoms with Crippen LogP contribution in [0.15, 0.2) is 24.3 Å². The summed E-state index contributed by atoms with van der Waals surface area (Å²) in [6.07, 6.45) is 63.8. The summed E-state index contributed by atoms with van der Waals surface area (Å²) in [6, 6.07) is -0.796. The fourth-order valence-electron chi connectivity index (χ4n) is 9.01. The van der Waals surface area contributed by atoms with E-state index in [0.29, 0.717) is 23.9 Å². The monoisotopic (exact) mass is 981 g/mol. The Labute approximate surface area is 424 Å². The first-order valence-corrected chi connectivity index (χ1v) is 31.1.